The fourth-order valence-electron chi connectivity index (χ4n) is 6.38. The van der Waals surface area contributed by atoms with Crippen LogP contribution in [0.15, 0.2) is 42.5 Å². The number of rotatable bonds is 14. The van der Waals surface area contributed by atoms with Crippen molar-refractivity contribution in [1.29, 1.82) is 0 Å². The van der Waals surface area contributed by atoms with Gasteiger partial charge in [0.2, 0.25) is 0 Å². The van der Waals surface area contributed by atoms with Crippen molar-refractivity contribution in [3.8, 4) is 23.0 Å². The molecular weight excluding hydrogens is 752 g/mol. The third-order valence-corrected chi connectivity index (χ3v) is 9.59. The molecule has 0 radical (unpaired) electrons. The van der Waals surface area contributed by atoms with Crippen LogP contribution in [0, 0.1) is 0 Å². The zero-order valence-corrected chi connectivity index (χ0v) is 30.2. The minimum absolute atomic E-state index is 0.126. The minimum atomic E-state index is -1.94. The summed E-state index contributed by atoms with van der Waals surface area (Å²) in [6, 6.07) is 8.35. The van der Waals surface area contributed by atoms with Crippen LogP contribution in [0.4, 0.5) is 0 Å². The Balaban J connectivity index is 1.41. The molecule has 0 unspecified atom stereocenters. The quantitative estimate of drug-likeness (QED) is 0.0519. The van der Waals surface area contributed by atoms with Crippen LogP contribution in [0.2, 0.25) is 0 Å². The highest BCUT2D eigenvalue weighted by atomic mass is 16.8. The summed E-state index contributed by atoms with van der Waals surface area (Å²) in [6.07, 6.45) is -22.7. The molecule has 3 saturated heterocycles. The summed E-state index contributed by atoms with van der Waals surface area (Å²) in [6.45, 7) is -0.394. The highest BCUT2D eigenvalue weighted by Gasteiger charge is 2.54. The first-order chi connectivity index (χ1) is 26.7. The number of methoxy groups -OCH3 is 1. The van der Waals surface area contributed by atoms with E-state index in [-0.39, 0.29) is 36.0 Å². The summed E-state index contributed by atoms with van der Waals surface area (Å²) in [4.78, 5) is 13.2. The maximum absolute atomic E-state index is 13.2. The molecule has 3 aliphatic heterocycles. The molecule has 2 aromatic rings. The number of carbonyl (C=O) groups is 1. The van der Waals surface area contributed by atoms with Gasteiger partial charge in [0.25, 0.3) is 0 Å². The van der Waals surface area contributed by atoms with Gasteiger partial charge >= 0.3 is 5.97 Å². The first-order valence-corrected chi connectivity index (χ1v) is 17.6. The summed E-state index contributed by atoms with van der Waals surface area (Å²) in [7, 11) is 1.34. The second kappa shape index (κ2) is 19.2. The van der Waals surface area contributed by atoms with Crippen molar-refractivity contribution in [2.45, 2.75) is 105 Å². The summed E-state index contributed by atoms with van der Waals surface area (Å²) < 4.78 is 45.5. The number of hydrogen-bond donors (Lipinski definition) is 11. The molecule has 0 aromatic heterocycles. The molecule has 0 spiro atoms. The molecule has 0 bridgehead atoms. The van der Waals surface area contributed by atoms with Crippen molar-refractivity contribution >= 4 is 12.0 Å². The lowest BCUT2D eigenvalue weighted by Gasteiger charge is -2.48. The lowest BCUT2D eigenvalue weighted by atomic mass is 9.96. The van der Waals surface area contributed by atoms with Crippen molar-refractivity contribution in [3.05, 3.63) is 53.6 Å². The van der Waals surface area contributed by atoms with E-state index >= 15 is 0 Å². The number of benzene rings is 2. The molecule has 2 aromatic carbocycles. The van der Waals surface area contributed by atoms with Gasteiger partial charge in [-0.1, -0.05) is 12.1 Å². The SMILES string of the molecule is COc1cc(/C=C/C(=O)O[C@H]2[C@H](O[C@@H]3O[C@@H](C)[C@H](O)[C@@H](O)[C@H]3O[C@@H]3O[C@H](CO)[C@@H](O)[C@H](O)[C@H]3O)[C@@H](O)[C@H](OCCc3ccc(O)c(O)c3)O[C@@H]2CO)ccc1O. The standard InChI is InChI=1S/C36H48O20/c1-15-25(43)28(46)33(56-35-29(47)27(45)26(44)22(13-37)52-35)36(51-15)55-32-30(48)34(50-10-9-17-3-6-18(39)20(41)11-17)53-23(14-38)31(32)54-24(42)8-5-16-4-7-19(40)21(12-16)49-2/h3-8,11-12,15,22-23,25-41,43-48H,9-10,13-14H2,1-2H3/b8-5+/t15-,22+,23+,25-,26+,27-,28+,29+,30+,31+,32+,33+,34+,35-,36-/m0/s1. The second-order valence-corrected chi connectivity index (χ2v) is 13.4. The number of carbonyl (C=O) groups excluding carboxylic acids is 1. The Morgan fingerprint density at radius 1 is 0.696 bits per heavy atom. The van der Waals surface area contributed by atoms with Gasteiger partial charge in [-0.3, -0.25) is 0 Å². The van der Waals surface area contributed by atoms with Gasteiger partial charge in [0.1, 0.15) is 61.0 Å². The van der Waals surface area contributed by atoms with Crippen LogP contribution in [0.3, 0.4) is 0 Å². The molecule has 0 amide bonds. The zero-order chi connectivity index (χ0) is 40.8. The van der Waals surface area contributed by atoms with E-state index in [1.165, 1.54) is 56.5 Å². The van der Waals surface area contributed by atoms with E-state index in [0.717, 1.165) is 6.08 Å². The average molecular weight is 801 g/mol. The molecule has 3 aliphatic rings. The largest absolute Gasteiger partial charge is 0.504 e. The van der Waals surface area contributed by atoms with Crippen molar-refractivity contribution < 1.29 is 98.9 Å². The number of aliphatic hydroxyl groups is 8. The summed E-state index contributed by atoms with van der Waals surface area (Å²) in [5.74, 6) is -1.74. The van der Waals surface area contributed by atoms with E-state index in [1.54, 1.807) is 0 Å². The van der Waals surface area contributed by atoms with E-state index in [1.807, 2.05) is 0 Å². The van der Waals surface area contributed by atoms with Crippen molar-refractivity contribution in [2.75, 3.05) is 26.9 Å². The van der Waals surface area contributed by atoms with Crippen LogP contribution in [0.1, 0.15) is 18.1 Å². The predicted molar refractivity (Wildman–Crippen MR) is 185 cm³/mol. The van der Waals surface area contributed by atoms with Crippen molar-refractivity contribution in [1.82, 2.24) is 0 Å². The van der Waals surface area contributed by atoms with E-state index < -0.39 is 111 Å². The molecule has 20 heteroatoms. The molecule has 0 aliphatic carbocycles. The van der Waals surface area contributed by atoms with Gasteiger partial charge in [-0.25, -0.2) is 4.79 Å². The third-order valence-electron chi connectivity index (χ3n) is 9.59. The lowest BCUT2D eigenvalue weighted by molar-refractivity contribution is -0.386. The van der Waals surface area contributed by atoms with E-state index in [9.17, 15) is 61.0 Å². The first-order valence-electron chi connectivity index (χ1n) is 17.6. The molecule has 15 atom stereocenters. The molecular formula is C36H48O20. The van der Waals surface area contributed by atoms with Gasteiger partial charge in [0.05, 0.1) is 33.0 Å². The van der Waals surface area contributed by atoms with Gasteiger partial charge in [0, 0.05) is 6.08 Å². The molecule has 312 valence electrons. The Bertz CT molecular complexity index is 1620. The summed E-state index contributed by atoms with van der Waals surface area (Å²) in [5.41, 5.74) is 0.955. The van der Waals surface area contributed by atoms with E-state index in [0.29, 0.717) is 11.1 Å². The molecule has 56 heavy (non-hydrogen) atoms. The van der Waals surface area contributed by atoms with Crippen LogP contribution in [-0.2, 0) is 44.4 Å². The number of aliphatic hydroxyl groups excluding tert-OH is 8. The molecule has 11 N–H and O–H groups in total. The van der Waals surface area contributed by atoms with Crippen LogP contribution in [0.25, 0.3) is 6.08 Å². The maximum atomic E-state index is 13.2. The lowest BCUT2D eigenvalue weighted by Crippen LogP contribution is -2.66. The summed E-state index contributed by atoms with van der Waals surface area (Å²) >= 11 is 0. The Kier molecular flexibility index (Phi) is 14.9. The number of phenols is 3. The average Bonchev–Trinajstić information content (AvgIpc) is 3.18. The fraction of sp³-hybridized carbons (Fsp3) is 0.583. The molecule has 5 rings (SSSR count). The fourth-order valence-corrected chi connectivity index (χ4v) is 6.38. The Hall–Kier alpha value is -3.71. The molecule has 0 saturated carbocycles. The molecule has 3 fully saturated rings. The topological polar surface area (TPSA) is 313 Å². The Morgan fingerprint density at radius 2 is 1.38 bits per heavy atom. The van der Waals surface area contributed by atoms with Gasteiger partial charge in [-0.05, 0) is 54.8 Å². The van der Waals surface area contributed by atoms with Gasteiger partial charge in [-0.15, -0.1) is 0 Å². The number of hydrogen-bond acceptors (Lipinski definition) is 20. The first kappa shape index (κ1) is 43.4. The number of phenolic OH excluding ortho intramolecular Hbond substituents is 3. The molecule has 20 nitrogen and oxygen atoms in total. The number of ether oxygens (including phenoxy) is 8. The van der Waals surface area contributed by atoms with Crippen molar-refractivity contribution in [2.24, 2.45) is 0 Å². The highest BCUT2D eigenvalue weighted by molar-refractivity contribution is 5.87. The van der Waals surface area contributed by atoms with E-state index in [4.69, 9.17) is 37.9 Å². The van der Waals surface area contributed by atoms with Crippen LogP contribution >= 0.6 is 0 Å². The van der Waals surface area contributed by atoms with Gasteiger partial charge in [0.15, 0.2) is 48.0 Å². The minimum Gasteiger partial charge on any atom is -0.504 e. The Morgan fingerprint density at radius 3 is 2.05 bits per heavy atom. The van der Waals surface area contributed by atoms with Crippen LogP contribution in [-0.4, -0.2) is 181 Å². The van der Waals surface area contributed by atoms with Crippen LogP contribution < -0.4 is 4.74 Å². The van der Waals surface area contributed by atoms with E-state index in [2.05, 4.69) is 0 Å². The van der Waals surface area contributed by atoms with Crippen molar-refractivity contribution in [3.63, 3.8) is 0 Å². The zero-order valence-electron chi connectivity index (χ0n) is 30.2. The monoisotopic (exact) mass is 800 g/mol. The molecule has 3 heterocycles. The van der Waals surface area contributed by atoms with Gasteiger partial charge < -0.3 is 94.1 Å². The number of aromatic hydroxyl groups is 3. The van der Waals surface area contributed by atoms with Crippen LogP contribution in [0.5, 0.6) is 23.0 Å². The second-order valence-electron chi connectivity index (χ2n) is 13.4. The Labute approximate surface area is 319 Å². The predicted octanol–water partition coefficient (Wildman–Crippen LogP) is -2.89. The normalized spacial score (nSPS) is 36.4. The number of esters is 1. The smallest absolute Gasteiger partial charge is 0.331 e. The summed E-state index contributed by atoms with van der Waals surface area (Å²) in [5, 5.41) is 114. The highest BCUT2D eigenvalue weighted by Crippen LogP contribution is 2.35. The van der Waals surface area contributed by atoms with Gasteiger partial charge in [-0.2, -0.15) is 0 Å². The third kappa shape index (κ3) is 9.86. The maximum Gasteiger partial charge on any atom is 0.331 e.